The molecule has 0 saturated heterocycles. The SMILES string of the molecule is CCOCCN(CCOCC)c1nc(C)ccc1C#N. The molecule has 1 heterocycles. The number of hydrogen-bond donors (Lipinski definition) is 0. The summed E-state index contributed by atoms with van der Waals surface area (Å²) in [5.41, 5.74) is 1.49. The van der Waals surface area contributed by atoms with Gasteiger partial charge in [0.15, 0.2) is 0 Å². The van der Waals surface area contributed by atoms with Crippen molar-refractivity contribution in [3.63, 3.8) is 0 Å². The van der Waals surface area contributed by atoms with Gasteiger partial charge < -0.3 is 14.4 Å². The van der Waals surface area contributed by atoms with Crippen molar-refractivity contribution in [1.29, 1.82) is 5.26 Å². The van der Waals surface area contributed by atoms with Crippen molar-refractivity contribution in [3.05, 3.63) is 23.4 Å². The molecule has 0 atom stereocenters. The minimum absolute atomic E-state index is 0.587. The van der Waals surface area contributed by atoms with Gasteiger partial charge in [0.05, 0.1) is 18.8 Å². The summed E-state index contributed by atoms with van der Waals surface area (Å²) in [6.45, 7) is 9.86. The Morgan fingerprint density at radius 1 is 1.15 bits per heavy atom. The quantitative estimate of drug-likeness (QED) is 0.647. The molecule has 0 spiro atoms. The molecule has 1 rings (SSSR count). The largest absolute Gasteiger partial charge is 0.380 e. The van der Waals surface area contributed by atoms with Gasteiger partial charge in [0.25, 0.3) is 0 Å². The molecule has 5 heteroatoms. The Balaban J connectivity index is 2.84. The summed E-state index contributed by atoms with van der Waals surface area (Å²) in [7, 11) is 0. The van der Waals surface area contributed by atoms with Crippen LogP contribution in [0.1, 0.15) is 25.1 Å². The number of nitriles is 1. The maximum Gasteiger partial charge on any atom is 0.146 e. The fourth-order valence-electron chi connectivity index (χ4n) is 1.83. The van der Waals surface area contributed by atoms with E-state index in [2.05, 4.69) is 16.0 Å². The van der Waals surface area contributed by atoms with E-state index >= 15 is 0 Å². The number of pyridine rings is 1. The molecular weight excluding hydrogens is 254 g/mol. The second-order valence-electron chi connectivity index (χ2n) is 4.32. The minimum atomic E-state index is 0.587. The number of ether oxygens (including phenoxy) is 2. The zero-order chi connectivity index (χ0) is 14.8. The van der Waals surface area contributed by atoms with Crippen molar-refractivity contribution in [2.75, 3.05) is 44.4 Å². The number of aryl methyl sites for hydroxylation is 1. The van der Waals surface area contributed by atoms with E-state index in [1.54, 1.807) is 0 Å². The zero-order valence-electron chi connectivity index (χ0n) is 12.6. The summed E-state index contributed by atoms with van der Waals surface area (Å²) in [6.07, 6.45) is 0. The van der Waals surface area contributed by atoms with Crippen LogP contribution in [0.3, 0.4) is 0 Å². The summed E-state index contributed by atoms with van der Waals surface area (Å²) in [5.74, 6) is 0.715. The molecule has 0 aliphatic rings. The molecular formula is C15H23N3O2. The maximum absolute atomic E-state index is 9.22. The van der Waals surface area contributed by atoms with Crippen molar-refractivity contribution in [1.82, 2.24) is 4.98 Å². The first-order valence-electron chi connectivity index (χ1n) is 7.01. The fraction of sp³-hybridized carbons (Fsp3) is 0.600. The van der Waals surface area contributed by atoms with Crippen molar-refractivity contribution in [2.24, 2.45) is 0 Å². The molecule has 0 unspecified atom stereocenters. The minimum Gasteiger partial charge on any atom is -0.380 e. The maximum atomic E-state index is 9.22. The number of aromatic nitrogens is 1. The van der Waals surface area contributed by atoms with Crippen LogP contribution in [0.15, 0.2) is 12.1 Å². The highest BCUT2D eigenvalue weighted by molar-refractivity contribution is 5.54. The van der Waals surface area contributed by atoms with Crippen LogP contribution in [0.2, 0.25) is 0 Å². The van der Waals surface area contributed by atoms with Crippen LogP contribution in [-0.4, -0.2) is 44.5 Å². The van der Waals surface area contributed by atoms with Gasteiger partial charge in [-0.3, -0.25) is 0 Å². The first kappa shape index (κ1) is 16.4. The number of nitrogens with zero attached hydrogens (tertiary/aromatic N) is 3. The Morgan fingerprint density at radius 3 is 2.25 bits per heavy atom. The third kappa shape index (κ3) is 5.16. The Bertz CT molecular complexity index is 433. The van der Waals surface area contributed by atoms with E-state index in [0.29, 0.717) is 50.9 Å². The highest BCUT2D eigenvalue weighted by Gasteiger charge is 2.13. The lowest BCUT2D eigenvalue weighted by Crippen LogP contribution is -2.32. The van der Waals surface area contributed by atoms with Gasteiger partial charge >= 0.3 is 0 Å². The molecule has 110 valence electrons. The standard InChI is InChI=1S/C15H23N3O2/c1-4-19-10-8-18(9-11-20-5-2)15-14(12-16)7-6-13(3)17-15/h6-7H,4-5,8-11H2,1-3H3. The van der Waals surface area contributed by atoms with Gasteiger partial charge in [-0.2, -0.15) is 5.26 Å². The van der Waals surface area contributed by atoms with Crippen LogP contribution in [0.5, 0.6) is 0 Å². The molecule has 0 saturated carbocycles. The van der Waals surface area contributed by atoms with E-state index in [1.807, 2.05) is 32.9 Å². The molecule has 5 nitrogen and oxygen atoms in total. The molecule has 1 aromatic rings. The molecule has 20 heavy (non-hydrogen) atoms. The van der Waals surface area contributed by atoms with E-state index in [-0.39, 0.29) is 0 Å². The lowest BCUT2D eigenvalue weighted by Gasteiger charge is -2.24. The molecule has 0 radical (unpaired) electrons. The smallest absolute Gasteiger partial charge is 0.146 e. The van der Waals surface area contributed by atoms with Crippen LogP contribution < -0.4 is 4.90 Å². The molecule has 0 aliphatic carbocycles. The van der Waals surface area contributed by atoms with Crippen LogP contribution in [0.25, 0.3) is 0 Å². The summed E-state index contributed by atoms with van der Waals surface area (Å²) < 4.78 is 10.8. The van der Waals surface area contributed by atoms with Gasteiger partial charge in [-0.25, -0.2) is 4.98 Å². The molecule has 0 amide bonds. The number of hydrogen-bond acceptors (Lipinski definition) is 5. The van der Waals surface area contributed by atoms with E-state index in [1.165, 1.54) is 0 Å². The lowest BCUT2D eigenvalue weighted by atomic mass is 10.2. The summed E-state index contributed by atoms with van der Waals surface area (Å²) in [4.78, 5) is 6.55. The first-order valence-corrected chi connectivity index (χ1v) is 7.01. The highest BCUT2D eigenvalue weighted by Crippen LogP contribution is 2.17. The number of anilines is 1. The second kappa shape index (κ2) is 9.29. The van der Waals surface area contributed by atoms with Gasteiger partial charge in [-0.15, -0.1) is 0 Å². The lowest BCUT2D eigenvalue weighted by molar-refractivity contribution is 0.141. The molecule has 0 aliphatic heterocycles. The number of rotatable bonds is 9. The van der Waals surface area contributed by atoms with Crippen molar-refractivity contribution >= 4 is 5.82 Å². The molecule has 0 bridgehead atoms. The van der Waals surface area contributed by atoms with E-state index in [0.717, 1.165) is 5.69 Å². The summed E-state index contributed by atoms with van der Waals surface area (Å²) in [5, 5.41) is 9.22. The Morgan fingerprint density at radius 2 is 1.75 bits per heavy atom. The average Bonchev–Trinajstić information content (AvgIpc) is 2.46. The summed E-state index contributed by atoms with van der Waals surface area (Å²) in [6, 6.07) is 5.86. The van der Waals surface area contributed by atoms with Crippen molar-refractivity contribution in [3.8, 4) is 6.07 Å². The van der Waals surface area contributed by atoms with Gasteiger partial charge in [0, 0.05) is 32.0 Å². The Kier molecular flexibility index (Phi) is 7.63. The van der Waals surface area contributed by atoms with Gasteiger partial charge in [-0.1, -0.05) is 0 Å². The van der Waals surface area contributed by atoms with Crippen LogP contribution >= 0.6 is 0 Å². The van der Waals surface area contributed by atoms with Crippen LogP contribution in [0.4, 0.5) is 5.82 Å². The fourth-order valence-corrected chi connectivity index (χ4v) is 1.83. The van der Waals surface area contributed by atoms with E-state index in [4.69, 9.17) is 9.47 Å². The van der Waals surface area contributed by atoms with Gasteiger partial charge in [-0.05, 0) is 32.9 Å². The first-order chi connectivity index (χ1) is 9.72. The predicted molar refractivity (Wildman–Crippen MR) is 78.9 cm³/mol. The monoisotopic (exact) mass is 277 g/mol. The Labute approximate surface area is 121 Å². The van der Waals surface area contributed by atoms with E-state index in [9.17, 15) is 5.26 Å². The van der Waals surface area contributed by atoms with Gasteiger partial charge in [0.1, 0.15) is 11.9 Å². The molecule has 0 N–H and O–H groups in total. The summed E-state index contributed by atoms with van der Waals surface area (Å²) >= 11 is 0. The van der Waals surface area contributed by atoms with Crippen molar-refractivity contribution < 1.29 is 9.47 Å². The predicted octanol–water partition coefficient (Wildman–Crippen LogP) is 2.14. The third-order valence-corrected chi connectivity index (χ3v) is 2.85. The third-order valence-electron chi connectivity index (χ3n) is 2.85. The molecule has 1 aromatic heterocycles. The Hall–Kier alpha value is -1.64. The van der Waals surface area contributed by atoms with Gasteiger partial charge in [0.2, 0.25) is 0 Å². The zero-order valence-corrected chi connectivity index (χ0v) is 12.6. The normalized spacial score (nSPS) is 10.3. The second-order valence-corrected chi connectivity index (χ2v) is 4.32. The molecule has 0 aromatic carbocycles. The average molecular weight is 277 g/mol. The van der Waals surface area contributed by atoms with Crippen LogP contribution in [0, 0.1) is 18.3 Å². The van der Waals surface area contributed by atoms with Crippen molar-refractivity contribution in [2.45, 2.75) is 20.8 Å². The van der Waals surface area contributed by atoms with Crippen LogP contribution in [-0.2, 0) is 9.47 Å². The van der Waals surface area contributed by atoms with E-state index < -0.39 is 0 Å². The highest BCUT2D eigenvalue weighted by atomic mass is 16.5. The topological polar surface area (TPSA) is 58.4 Å². The molecule has 0 fully saturated rings.